The van der Waals surface area contributed by atoms with E-state index in [1.54, 1.807) is 18.4 Å². The summed E-state index contributed by atoms with van der Waals surface area (Å²) >= 11 is 1.75. The second-order valence-corrected chi connectivity index (χ2v) is 5.67. The standard InChI is InChI=1S/C13H19NO2S/c1-3-10-4-5-11(17-10)7-13(15)12-6-9(16-2)8-14-12/h4-5,9,12,14H,3,6-8H2,1-2H3. The highest BCUT2D eigenvalue weighted by Crippen LogP contribution is 2.19. The molecule has 2 atom stereocenters. The molecule has 0 aliphatic carbocycles. The average Bonchev–Trinajstić information content (AvgIpc) is 2.96. The van der Waals surface area contributed by atoms with Crippen LogP contribution >= 0.6 is 11.3 Å². The van der Waals surface area contributed by atoms with Gasteiger partial charge in [0.05, 0.1) is 12.1 Å². The number of hydrogen-bond donors (Lipinski definition) is 1. The molecule has 1 aliphatic heterocycles. The molecular formula is C13H19NO2S. The minimum Gasteiger partial charge on any atom is -0.380 e. The Morgan fingerprint density at radius 1 is 1.53 bits per heavy atom. The first-order valence-corrected chi connectivity index (χ1v) is 6.91. The van der Waals surface area contributed by atoms with Crippen molar-refractivity contribution in [2.75, 3.05) is 13.7 Å². The van der Waals surface area contributed by atoms with E-state index in [0.29, 0.717) is 6.42 Å². The van der Waals surface area contributed by atoms with E-state index in [9.17, 15) is 4.79 Å². The summed E-state index contributed by atoms with van der Waals surface area (Å²) in [5, 5.41) is 3.23. The summed E-state index contributed by atoms with van der Waals surface area (Å²) in [5.74, 6) is 0.286. The van der Waals surface area contributed by atoms with Gasteiger partial charge in [-0.05, 0) is 25.0 Å². The predicted octanol–water partition coefficient (Wildman–Crippen LogP) is 1.80. The maximum atomic E-state index is 12.1. The van der Waals surface area contributed by atoms with Crippen molar-refractivity contribution in [3.8, 4) is 0 Å². The van der Waals surface area contributed by atoms with Crippen LogP contribution in [0.3, 0.4) is 0 Å². The van der Waals surface area contributed by atoms with Gasteiger partial charge in [0.2, 0.25) is 0 Å². The van der Waals surface area contributed by atoms with Gasteiger partial charge in [0.1, 0.15) is 0 Å². The number of carbonyl (C=O) groups excluding carboxylic acids is 1. The summed E-state index contributed by atoms with van der Waals surface area (Å²) in [6.07, 6.45) is 2.60. The number of aryl methyl sites for hydroxylation is 1. The number of ketones is 1. The molecule has 2 unspecified atom stereocenters. The molecule has 1 N–H and O–H groups in total. The molecule has 2 rings (SSSR count). The fourth-order valence-corrected chi connectivity index (χ4v) is 3.10. The number of ether oxygens (including phenoxy) is 1. The number of methoxy groups -OCH3 is 1. The smallest absolute Gasteiger partial charge is 0.155 e. The lowest BCUT2D eigenvalue weighted by Crippen LogP contribution is -2.31. The Kier molecular flexibility index (Phi) is 4.31. The second kappa shape index (κ2) is 5.76. The van der Waals surface area contributed by atoms with Crippen molar-refractivity contribution in [2.24, 2.45) is 0 Å². The minimum atomic E-state index is -0.0212. The van der Waals surface area contributed by atoms with E-state index >= 15 is 0 Å². The third-order valence-electron chi connectivity index (χ3n) is 3.23. The van der Waals surface area contributed by atoms with Crippen molar-refractivity contribution in [1.82, 2.24) is 5.32 Å². The van der Waals surface area contributed by atoms with E-state index in [1.807, 2.05) is 0 Å². The molecule has 0 saturated carbocycles. The highest BCUT2D eigenvalue weighted by molar-refractivity contribution is 7.12. The van der Waals surface area contributed by atoms with Crippen molar-refractivity contribution < 1.29 is 9.53 Å². The molecular weight excluding hydrogens is 234 g/mol. The number of rotatable bonds is 5. The summed E-state index contributed by atoms with van der Waals surface area (Å²) in [7, 11) is 1.70. The zero-order valence-corrected chi connectivity index (χ0v) is 11.2. The highest BCUT2D eigenvalue weighted by atomic mass is 32.1. The molecule has 0 amide bonds. The number of Topliss-reactive ketones (excluding diaryl/α,β-unsaturated/α-hetero) is 1. The molecule has 2 heterocycles. The molecule has 17 heavy (non-hydrogen) atoms. The first-order chi connectivity index (χ1) is 8.22. The molecule has 0 radical (unpaired) electrons. The fourth-order valence-electron chi connectivity index (χ4n) is 2.13. The van der Waals surface area contributed by atoms with E-state index in [4.69, 9.17) is 4.74 Å². The van der Waals surface area contributed by atoms with Gasteiger partial charge in [-0.1, -0.05) is 6.92 Å². The first-order valence-electron chi connectivity index (χ1n) is 6.09. The van der Waals surface area contributed by atoms with E-state index in [1.165, 1.54) is 9.75 Å². The van der Waals surface area contributed by atoms with Crippen LogP contribution in [0.15, 0.2) is 12.1 Å². The van der Waals surface area contributed by atoms with Crippen LogP contribution in [-0.2, 0) is 22.4 Å². The molecule has 1 aromatic rings. The summed E-state index contributed by atoms with van der Waals surface area (Å²) in [6, 6.07) is 4.17. The molecule has 1 aliphatic rings. The van der Waals surface area contributed by atoms with Crippen LogP contribution in [0.1, 0.15) is 23.1 Å². The zero-order valence-electron chi connectivity index (χ0n) is 10.4. The first kappa shape index (κ1) is 12.7. The van der Waals surface area contributed by atoms with Gasteiger partial charge in [-0.25, -0.2) is 0 Å². The SMILES string of the molecule is CCc1ccc(CC(=O)C2CC(OC)CN2)s1. The van der Waals surface area contributed by atoms with Crippen LogP contribution < -0.4 is 5.32 Å². The van der Waals surface area contributed by atoms with Crippen molar-refractivity contribution >= 4 is 17.1 Å². The van der Waals surface area contributed by atoms with Crippen molar-refractivity contribution in [3.63, 3.8) is 0 Å². The van der Waals surface area contributed by atoms with Gasteiger partial charge in [-0.2, -0.15) is 0 Å². The van der Waals surface area contributed by atoms with Crippen LogP contribution in [0.25, 0.3) is 0 Å². The molecule has 0 bridgehead atoms. The maximum Gasteiger partial charge on any atom is 0.155 e. The van der Waals surface area contributed by atoms with E-state index in [2.05, 4.69) is 24.4 Å². The predicted molar refractivity (Wildman–Crippen MR) is 69.6 cm³/mol. The monoisotopic (exact) mass is 253 g/mol. The topological polar surface area (TPSA) is 38.3 Å². The Morgan fingerprint density at radius 2 is 2.29 bits per heavy atom. The van der Waals surface area contributed by atoms with Gasteiger partial charge in [-0.15, -0.1) is 11.3 Å². The number of carbonyl (C=O) groups is 1. The maximum absolute atomic E-state index is 12.1. The van der Waals surface area contributed by atoms with E-state index < -0.39 is 0 Å². The Labute approximate surface area is 106 Å². The molecule has 1 saturated heterocycles. The Bertz CT molecular complexity index is 389. The third-order valence-corrected chi connectivity index (χ3v) is 4.46. The van der Waals surface area contributed by atoms with Crippen molar-refractivity contribution in [2.45, 2.75) is 38.3 Å². The Balaban J connectivity index is 1.89. The molecule has 1 fully saturated rings. The van der Waals surface area contributed by atoms with Gasteiger partial charge in [-0.3, -0.25) is 4.79 Å². The van der Waals surface area contributed by atoms with Gasteiger partial charge in [0, 0.05) is 29.8 Å². The van der Waals surface area contributed by atoms with Crippen molar-refractivity contribution in [3.05, 3.63) is 21.9 Å². The van der Waals surface area contributed by atoms with Crippen LogP contribution in [-0.4, -0.2) is 31.6 Å². The lowest BCUT2D eigenvalue weighted by Gasteiger charge is -2.08. The Hall–Kier alpha value is -0.710. The van der Waals surface area contributed by atoms with Gasteiger partial charge in [0.25, 0.3) is 0 Å². The van der Waals surface area contributed by atoms with Gasteiger partial charge >= 0.3 is 0 Å². The quantitative estimate of drug-likeness (QED) is 0.869. The highest BCUT2D eigenvalue weighted by Gasteiger charge is 2.29. The van der Waals surface area contributed by atoms with E-state index in [0.717, 1.165) is 19.4 Å². The fraction of sp³-hybridized carbons (Fsp3) is 0.615. The average molecular weight is 253 g/mol. The zero-order chi connectivity index (χ0) is 12.3. The van der Waals surface area contributed by atoms with Crippen LogP contribution in [0.4, 0.5) is 0 Å². The normalized spacial score (nSPS) is 24.1. The largest absolute Gasteiger partial charge is 0.380 e. The number of thiophene rings is 1. The molecule has 4 heteroatoms. The lowest BCUT2D eigenvalue weighted by atomic mass is 10.1. The molecule has 0 aromatic carbocycles. The molecule has 1 aromatic heterocycles. The van der Waals surface area contributed by atoms with Crippen LogP contribution in [0, 0.1) is 0 Å². The summed E-state index contributed by atoms with van der Waals surface area (Å²) < 4.78 is 5.25. The van der Waals surface area contributed by atoms with Crippen LogP contribution in [0.2, 0.25) is 0 Å². The second-order valence-electron chi connectivity index (χ2n) is 4.42. The molecule has 3 nitrogen and oxygen atoms in total. The van der Waals surface area contributed by atoms with Crippen molar-refractivity contribution in [1.29, 1.82) is 0 Å². The van der Waals surface area contributed by atoms with E-state index in [-0.39, 0.29) is 17.9 Å². The number of nitrogens with one attached hydrogen (secondary N) is 1. The van der Waals surface area contributed by atoms with Crippen LogP contribution in [0.5, 0.6) is 0 Å². The molecule has 0 spiro atoms. The van der Waals surface area contributed by atoms with Gasteiger partial charge < -0.3 is 10.1 Å². The minimum absolute atomic E-state index is 0.0212. The Morgan fingerprint density at radius 3 is 2.88 bits per heavy atom. The third kappa shape index (κ3) is 3.15. The number of hydrogen-bond acceptors (Lipinski definition) is 4. The van der Waals surface area contributed by atoms with Gasteiger partial charge in [0.15, 0.2) is 5.78 Å². The lowest BCUT2D eigenvalue weighted by molar-refractivity contribution is -0.120. The summed E-state index contributed by atoms with van der Waals surface area (Å²) in [4.78, 5) is 14.6. The molecule has 94 valence electrons. The summed E-state index contributed by atoms with van der Waals surface area (Å²) in [5.41, 5.74) is 0. The summed E-state index contributed by atoms with van der Waals surface area (Å²) in [6.45, 7) is 2.93.